The number of hydrogen-bond acceptors (Lipinski definition) is 4. The SMILES string of the molecule is CCNCc1cc(S(=O)(=O)N(C)C(C)C(C)(C)C)c(Br)o1. The van der Waals surface area contributed by atoms with Gasteiger partial charge < -0.3 is 9.73 Å². The molecule has 1 aromatic rings. The molecule has 0 saturated heterocycles. The van der Waals surface area contributed by atoms with Crippen molar-refractivity contribution in [3.8, 4) is 0 Å². The molecule has 0 saturated carbocycles. The van der Waals surface area contributed by atoms with E-state index in [1.165, 1.54) is 4.31 Å². The van der Waals surface area contributed by atoms with Crippen LogP contribution in [0.15, 0.2) is 20.0 Å². The van der Waals surface area contributed by atoms with Crippen LogP contribution in [0.5, 0.6) is 0 Å². The average molecular weight is 381 g/mol. The molecule has 1 aromatic heterocycles. The second-order valence-corrected chi connectivity index (χ2v) is 8.88. The highest BCUT2D eigenvalue weighted by molar-refractivity contribution is 9.10. The molecule has 0 fully saturated rings. The first-order valence-electron chi connectivity index (χ1n) is 6.98. The van der Waals surface area contributed by atoms with E-state index in [4.69, 9.17) is 4.42 Å². The van der Waals surface area contributed by atoms with Gasteiger partial charge in [0.25, 0.3) is 0 Å². The van der Waals surface area contributed by atoms with E-state index in [1.807, 2.05) is 34.6 Å². The van der Waals surface area contributed by atoms with Gasteiger partial charge in [-0.15, -0.1) is 0 Å². The smallest absolute Gasteiger partial charge is 0.247 e. The van der Waals surface area contributed by atoms with Gasteiger partial charge in [-0.25, -0.2) is 8.42 Å². The number of nitrogens with one attached hydrogen (secondary N) is 1. The van der Waals surface area contributed by atoms with Gasteiger partial charge in [-0.05, 0) is 34.8 Å². The zero-order valence-electron chi connectivity index (χ0n) is 13.5. The molecule has 1 N–H and O–H groups in total. The van der Waals surface area contributed by atoms with Crippen molar-refractivity contribution in [3.05, 3.63) is 16.5 Å². The maximum atomic E-state index is 12.7. The lowest BCUT2D eigenvalue weighted by atomic mass is 9.88. The molecule has 0 aromatic carbocycles. The first kappa shape index (κ1) is 18.7. The lowest BCUT2D eigenvalue weighted by molar-refractivity contribution is 0.216. The summed E-state index contributed by atoms with van der Waals surface area (Å²) in [6, 6.07) is 1.44. The highest BCUT2D eigenvalue weighted by Crippen LogP contribution is 2.32. The summed E-state index contributed by atoms with van der Waals surface area (Å²) in [5.74, 6) is 0.596. The molecule has 0 bridgehead atoms. The van der Waals surface area contributed by atoms with Crippen LogP contribution in [-0.2, 0) is 16.6 Å². The molecule has 1 rings (SSSR count). The lowest BCUT2D eigenvalue weighted by Gasteiger charge is -2.34. The van der Waals surface area contributed by atoms with Crippen LogP contribution in [0.25, 0.3) is 0 Å². The molecule has 0 radical (unpaired) electrons. The molecular formula is C14H25BrN2O3S. The van der Waals surface area contributed by atoms with Crippen LogP contribution in [0.4, 0.5) is 0 Å². The van der Waals surface area contributed by atoms with Gasteiger partial charge in [0.15, 0.2) is 4.67 Å². The molecule has 7 heteroatoms. The van der Waals surface area contributed by atoms with Crippen molar-refractivity contribution in [2.75, 3.05) is 13.6 Å². The predicted octanol–water partition coefficient (Wildman–Crippen LogP) is 3.21. The van der Waals surface area contributed by atoms with E-state index >= 15 is 0 Å². The summed E-state index contributed by atoms with van der Waals surface area (Å²) in [6.45, 7) is 11.2. The Bertz CT molecular complexity index is 576. The fourth-order valence-corrected chi connectivity index (χ4v) is 4.32. The van der Waals surface area contributed by atoms with Gasteiger partial charge in [-0.2, -0.15) is 4.31 Å². The molecule has 21 heavy (non-hydrogen) atoms. The van der Waals surface area contributed by atoms with Crippen molar-refractivity contribution in [1.29, 1.82) is 0 Å². The Morgan fingerprint density at radius 1 is 1.43 bits per heavy atom. The van der Waals surface area contributed by atoms with Crippen LogP contribution in [-0.4, -0.2) is 32.4 Å². The Hall–Kier alpha value is -0.370. The maximum Gasteiger partial charge on any atom is 0.247 e. The van der Waals surface area contributed by atoms with Crippen molar-refractivity contribution in [2.45, 2.75) is 52.1 Å². The number of hydrogen-bond donors (Lipinski definition) is 1. The number of furan rings is 1. The van der Waals surface area contributed by atoms with Gasteiger partial charge in [-0.1, -0.05) is 27.7 Å². The average Bonchev–Trinajstić information content (AvgIpc) is 2.75. The summed E-state index contributed by atoms with van der Waals surface area (Å²) in [5, 5.41) is 3.11. The molecule has 0 aliphatic rings. The number of sulfonamides is 1. The Labute approximate surface area is 136 Å². The minimum absolute atomic E-state index is 0.137. The van der Waals surface area contributed by atoms with Gasteiger partial charge in [0, 0.05) is 19.2 Å². The van der Waals surface area contributed by atoms with Crippen LogP contribution in [0, 0.1) is 5.41 Å². The van der Waals surface area contributed by atoms with Gasteiger partial charge in [-0.3, -0.25) is 0 Å². The largest absolute Gasteiger partial charge is 0.452 e. The van der Waals surface area contributed by atoms with Crippen LogP contribution in [0.1, 0.15) is 40.4 Å². The topological polar surface area (TPSA) is 62.6 Å². The van der Waals surface area contributed by atoms with Crippen LogP contribution >= 0.6 is 15.9 Å². The molecule has 0 amide bonds. The molecule has 0 aliphatic carbocycles. The van der Waals surface area contributed by atoms with Gasteiger partial charge in [0.1, 0.15) is 10.7 Å². The molecule has 1 unspecified atom stereocenters. The third-order valence-electron chi connectivity index (χ3n) is 3.71. The number of rotatable bonds is 6. The summed E-state index contributed by atoms with van der Waals surface area (Å²) >= 11 is 3.21. The fourth-order valence-electron chi connectivity index (χ4n) is 1.82. The first-order chi connectivity index (χ1) is 9.51. The van der Waals surface area contributed by atoms with Crippen LogP contribution < -0.4 is 5.32 Å². The summed E-state index contributed by atoms with van der Waals surface area (Å²) in [6.07, 6.45) is 0. The summed E-state index contributed by atoms with van der Waals surface area (Å²) < 4.78 is 32.6. The van der Waals surface area contributed by atoms with Crippen molar-refractivity contribution in [3.63, 3.8) is 0 Å². The van der Waals surface area contributed by atoms with Gasteiger partial charge >= 0.3 is 0 Å². The molecule has 0 spiro atoms. The van der Waals surface area contributed by atoms with Crippen LogP contribution in [0.3, 0.4) is 0 Å². The van der Waals surface area contributed by atoms with Crippen molar-refractivity contribution >= 4 is 26.0 Å². The quantitative estimate of drug-likeness (QED) is 0.822. The minimum atomic E-state index is -3.59. The Balaban J connectivity index is 3.10. The molecule has 1 atom stereocenters. The van der Waals surface area contributed by atoms with E-state index in [9.17, 15) is 8.42 Å². The second kappa shape index (κ2) is 6.81. The lowest BCUT2D eigenvalue weighted by Crippen LogP contribution is -2.42. The highest BCUT2D eigenvalue weighted by atomic mass is 79.9. The van der Waals surface area contributed by atoms with Crippen molar-refractivity contribution < 1.29 is 12.8 Å². The summed E-state index contributed by atoms with van der Waals surface area (Å²) in [4.78, 5) is 0.175. The number of nitrogens with zero attached hydrogens (tertiary/aromatic N) is 1. The summed E-state index contributed by atoms with van der Waals surface area (Å²) in [5.41, 5.74) is -0.148. The van der Waals surface area contributed by atoms with Crippen molar-refractivity contribution in [1.82, 2.24) is 9.62 Å². The Morgan fingerprint density at radius 3 is 2.48 bits per heavy atom. The molecule has 122 valence electrons. The van der Waals surface area contributed by atoms with E-state index in [2.05, 4.69) is 21.2 Å². The normalized spacial score (nSPS) is 14.7. The van der Waals surface area contributed by atoms with E-state index < -0.39 is 10.0 Å². The zero-order chi connectivity index (χ0) is 16.4. The monoisotopic (exact) mass is 380 g/mol. The molecular weight excluding hydrogens is 356 g/mol. The van der Waals surface area contributed by atoms with E-state index in [1.54, 1.807) is 13.1 Å². The van der Waals surface area contributed by atoms with E-state index in [0.29, 0.717) is 12.3 Å². The Morgan fingerprint density at radius 2 is 2.00 bits per heavy atom. The molecule has 0 aliphatic heterocycles. The second-order valence-electron chi connectivity index (χ2n) is 6.19. The highest BCUT2D eigenvalue weighted by Gasteiger charge is 2.34. The van der Waals surface area contributed by atoms with Crippen LogP contribution in [0.2, 0.25) is 0 Å². The minimum Gasteiger partial charge on any atom is -0.452 e. The van der Waals surface area contributed by atoms with E-state index in [-0.39, 0.29) is 21.0 Å². The molecule has 5 nitrogen and oxygen atoms in total. The standard InChI is InChI=1S/C14H25BrN2O3S/c1-7-16-9-11-8-12(13(15)20-11)21(18,19)17(6)10(2)14(3,4)5/h8,10,16H,7,9H2,1-6H3. The predicted molar refractivity (Wildman–Crippen MR) is 87.7 cm³/mol. The zero-order valence-corrected chi connectivity index (χ0v) is 15.9. The third-order valence-corrected chi connectivity index (χ3v) is 6.50. The fraction of sp³-hybridized carbons (Fsp3) is 0.714. The third kappa shape index (κ3) is 4.31. The Kier molecular flexibility index (Phi) is 6.06. The van der Waals surface area contributed by atoms with E-state index in [0.717, 1.165) is 6.54 Å². The van der Waals surface area contributed by atoms with Crippen molar-refractivity contribution in [2.24, 2.45) is 5.41 Å². The maximum absolute atomic E-state index is 12.7. The molecule has 1 heterocycles. The first-order valence-corrected chi connectivity index (χ1v) is 9.22. The van der Waals surface area contributed by atoms with Gasteiger partial charge in [0.05, 0.1) is 6.54 Å². The van der Waals surface area contributed by atoms with Gasteiger partial charge in [0.2, 0.25) is 10.0 Å². The summed E-state index contributed by atoms with van der Waals surface area (Å²) in [7, 11) is -1.99. The number of halogens is 1.